The van der Waals surface area contributed by atoms with Crippen LogP contribution in [-0.4, -0.2) is 23.4 Å². The van der Waals surface area contributed by atoms with Gasteiger partial charge in [0.2, 0.25) is 11.8 Å². The standard InChI is InChI=1S/C13H15ClN2O3/c1-8(2)18-10-5-4-9(6-11(10)17-3)13-16-15-12(7-14)19-13/h4-6,8H,7H2,1-3H3. The Morgan fingerprint density at radius 1 is 1.26 bits per heavy atom. The van der Waals surface area contributed by atoms with Crippen LogP contribution in [0.15, 0.2) is 22.6 Å². The lowest BCUT2D eigenvalue weighted by Crippen LogP contribution is -2.06. The Balaban J connectivity index is 2.32. The Bertz CT molecular complexity index is 555. The van der Waals surface area contributed by atoms with Gasteiger partial charge in [-0.15, -0.1) is 21.8 Å². The zero-order valence-corrected chi connectivity index (χ0v) is 11.8. The molecule has 0 saturated carbocycles. The molecule has 0 fully saturated rings. The molecule has 0 spiro atoms. The summed E-state index contributed by atoms with van der Waals surface area (Å²) in [5.41, 5.74) is 0.761. The van der Waals surface area contributed by atoms with Gasteiger partial charge in [0, 0.05) is 5.56 Å². The highest BCUT2D eigenvalue weighted by Gasteiger charge is 2.12. The number of hydrogen-bond donors (Lipinski definition) is 0. The van der Waals surface area contributed by atoms with Gasteiger partial charge >= 0.3 is 0 Å². The molecule has 6 heteroatoms. The van der Waals surface area contributed by atoms with Crippen molar-refractivity contribution in [3.05, 3.63) is 24.1 Å². The Labute approximate surface area is 116 Å². The third-order valence-corrected chi connectivity index (χ3v) is 2.58. The maximum Gasteiger partial charge on any atom is 0.247 e. The molecule has 0 radical (unpaired) electrons. The Kier molecular flexibility index (Phi) is 4.27. The summed E-state index contributed by atoms with van der Waals surface area (Å²) in [5.74, 6) is 2.29. The maximum absolute atomic E-state index is 5.64. The molecule has 19 heavy (non-hydrogen) atoms. The van der Waals surface area contributed by atoms with Crippen molar-refractivity contribution in [2.45, 2.75) is 25.8 Å². The number of alkyl halides is 1. The number of ether oxygens (including phenoxy) is 2. The van der Waals surface area contributed by atoms with E-state index in [-0.39, 0.29) is 12.0 Å². The van der Waals surface area contributed by atoms with Crippen LogP contribution in [0.2, 0.25) is 0 Å². The number of halogens is 1. The SMILES string of the molecule is COc1cc(-c2nnc(CCl)o2)ccc1OC(C)C. The molecule has 0 aliphatic carbocycles. The van der Waals surface area contributed by atoms with E-state index in [1.165, 1.54) is 0 Å². The van der Waals surface area contributed by atoms with Crippen LogP contribution in [-0.2, 0) is 5.88 Å². The third kappa shape index (κ3) is 3.17. The minimum absolute atomic E-state index is 0.0750. The van der Waals surface area contributed by atoms with E-state index in [0.29, 0.717) is 23.3 Å². The molecule has 1 aromatic heterocycles. The van der Waals surface area contributed by atoms with Crippen LogP contribution >= 0.6 is 11.6 Å². The minimum atomic E-state index is 0.0750. The largest absolute Gasteiger partial charge is 0.493 e. The second kappa shape index (κ2) is 5.93. The quantitative estimate of drug-likeness (QED) is 0.788. The summed E-state index contributed by atoms with van der Waals surface area (Å²) < 4.78 is 16.3. The van der Waals surface area contributed by atoms with Gasteiger partial charge in [0.15, 0.2) is 11.5 Å². The fraction of sp³-hybridized carbons (Fsp3) is 0.385. The molecule has 1 heterocycles. The van der Waals surface area contributed by atoms with E-state index in [1.807, 2.05) is 26.0 Å². The average Bonchev–Trinajstić information content (AvgIpc) is 2.87. The van der Waals surface area contributed by atoms with Crippen molar-refractivity contribution in [1.82, 2.24) is 10.2 Å². The van der Waals surface area contributed by atoms with Crippen LogP contribution in [0.3, 0.4) is 0 Å². The highest BCUT2D eigenvalue weighted by Crippen LogP contribution is 2.32. The van der Waals surface area contributed by atoms with Crippen molar-refractivity contribution < 1.29 is 13.9 Å². The molecule has 2 rings (SSSR count). The Morgan fingerprint density at radius 3 is 2.63 bits per heavy atom. The molecule has 0 atom stereocenters. The molecule has 1 aromatic carbocycles. The second-order valence-corrected chi connectivity index (χ2v) is 4.43. The predicted molar refractivity (Wildman–Crippen MR) is 71.6 cm³/mol. The number of aromatic nitrogens is 2. The van der Waals surface area contributed by atoms with Crippen molar-refractivity contribution >= 4 is 11.6 Å². The summed E-state index contributed by atoms with van der Waals surface area (Å²) in [6.45, 7) is 3.91. The first-order chi connectivity index (χ1) is 9.13. The van der Waals surface area contributed by atoms with Crippen molar-refractivity contribution in [1.29, 1.82) is 0 Å². The maximum atomic E-state index is 5.64. The highest BCUT2D eigenvalue weighted by atomic mass is 35.5. The lowest BCUT2D eigenvalue weighted by Gasteiger charge is -2.13. The van der Waals surface area contributed by atoms with Gasteiger partial charge in [-0.3, -0.25) is 0 Å². The van der Waals surface area contributed by atoms with E-state index >= 15 is 0 Å². The fourth-order valence-electron chi connectivity index (χ4n) is 1.58. The van der Waals surface area contributed by atoms with Gasteiger partial charge in [-0.1, -0.05) is 0 Å². The highest BCUT2D eigenvalue weighted by molar-refractivity contribution is 6.16. The molecule has 102 valence electrons. The number of nitrogens with zero attached hydrogens (tertiary/aromatic N) is 2. The number of methoxy groups -OCH3 is 1. The summed E-state index contributed by atoms with van der Waals surface area (Å²) >= 11 is 5.63. The van der Waals surface area contributed by atoms with E-state index in [0.717, 1.165) is 5.56 Å². The van der Waals surface area contributed by atoms with E-state index in [9.17, 15) is 0 Å². The first kappa shape index (κ1) is 13.7. The van der Waals surface area contributed by atoms with E-state index in [2.05, 4.69) is 10.2 Å². The summed E-state index contributed by atoms with van der Waals surface area (Å²) in [6, 6.07) is 5.45. The molecule has 2 aromatic rings. The molecule has 0 bridgehead atoms. The van der Waals surface area contributed by atoms with Gasteiger partial charge in [0.05, 0.1) is 13.2 Å². The van der Waals surface area contributed by atoms with Crippen LogP contribution in [0.25, 0.3) is 11.5 Å². The molecule has 0 N–H and O–H groups in total. The zero-order valence-electron chi connectivity index (χ0n) is 11.0. The molecule has 0 amide bonds. The number of rotatable bonds is 5. The smallest absolute Gasteiger partial charge is 0.247 e. The molecule has 0 aliphatic heterocycles. The van der Waals surface area contributed by atoms with Gasteiger partial charge in [-0.2, -0.15) is 0 Å². The topological polar surface area (TPSA) is 57.4 Å². The van der Waals surface area contributed by atoms with Crippen LogP contribution in [0.5, 0.6) is 11.5 Å². The monoisotopic (exact) mass is 282 g/mol. The first-order valence-corrected chi connectivity index (χ1v) is 6.41. The van der Waals surface area contributed by atoms with Gasteiger partial charge < -0.3 is 13.9 Å². The lowest BCUT2D eigenvalue weighted by molar-refractivity contribution is 0.230. The second-order valence-electron chi connectivity index (χ2n) is 4.17. The van der Waals surface area contributed by atoms with Crippen LogP contribution in [0, 0.1) is 0 Å². The molecule has 0 aliphatic rings. The predicted octanol–water partition coefficient (Wildman–Crippen LogP) is 3.27. The summed E-state index contributed by atoms with van der Waals surface area (Å²) in [6.07, 6.45) is 0.0750. The summed E-state index contributed by atoms with van der Waals surface area (Å²) in [4.78, 5) is 0. The van der Waals surface area contributed by atoms with Crippen molar-refractivity contribution in [2.24, 2.45) is 0 Å². The van der Waals surface area contributed by atoms with Crippen LogP contribution in [0.1, 0.15) is 19.7 Å². The van der Waals surface area contributed by atoms with Gasteiger partial charge in [-0.25, -0.2) is 0 Å². The van der Waals surface area contributed by atoms with Gasteiger partial charge in [-0.05, 0) is 32.0 Å². The van der Waals surface area contributed by atoms with Gasteiger partial charge in [0.1, 0.15) is 5.88 Å². The minimum Gasteiger partial charge on any atom is -0.493 e. The third-order valence-electron chi connectivity index (χ3n) is 2.35. The molecule has 0 saturated heterocycles. The normalized spacial score (nSPS) is 10.8. The molecule has 0 unspecified atom stereocenters. The molecular formula is C13H15ClN2O3. The van der Waals surface area contributed by atoms with Gasteiger partial charge in [0.25, 0.3) is 0 Å². The van der Waals surface area contributed by atoms with Crippen molar-refractivity contribution in [3.8, 4) is 23.0 Å². The first-order valence-electron chi connectivity index (χ1n) is 5.87. The summed E-state index contributed by atoms with van der Waals surface area (Å²) in [7, 11) is 1.59. The Hall–Kier alpha value is -1.75. The molecule has 5 nitrogen and oxygen atoms in total. The fourth-order valence-corrected chi connectivity index (χ4v) is 1.68. The van der Waals surface area contributed by atoms with Crippen LogP contribution in [0.4, 0.5) is 0 Å². The van der Waals surface area contributed by atoms with E-state index in [4.69, 9.17) is 25.5 Å². The van der Waals surface area contributed by atoms with E-state index < -0.39 is 0 Å². The Morgan fingerprint density at radius 2 is 2.05 bits per heavy atom. The van der Waals surface area contributed by atoms with Crippen molar-refractivity contribution in [2.75, 3.05) is 7.11 Å². The lowest BCUT2D eigenvalue weighted by atomic mass is 10.2. The number of benzene rings is 1. The zero-order chi connectivity index (χ0) is 13.8. The van der Waals surface area contributed by atoms with E-state index in [1.54, 1.807) is 13.2 Å². The molecular weight excluding hydrogens is 268 g/mol. The summed E-state index contributed by atoms with van der Waals surface area (Å²) in [5, 5.41) is 7.74. The van der Waals surface area contributed by atoms with Crippen molar-refractivity contribution in [3.63, 3.8) is 0 Å². The number of hydrogen-bond acceptors (Lipinski definition) is 5. The average molecular weight is 283 g/mol. The van der Waals surface area contributed by atoms with Crippen LogP contribution < -0.4 is 9.47 Å².